The van der Waals surface area contributed by atoms with Gasteiger partial charge in [0.25, 0.3) is 0 Å². The van der Waals surface area contributed by atoms with Gasteiger partial charge in [0.1, 0.15) is 10.6 Å². The van der Waals surface area contributed by atoms with Crippen LogP contribution in [0.3, 0.4) is 0 Å². The van der Waals surface area contributed by atoms with Gasteiger partial charge >= 0.3 is 16.1 Å². The van der Waals surface area contributed by atoms with E-state index in [2.05, 4.69) is 4.74 Å². The molecular formula is C15H14O5S. The van der Waals surface area contributed by atoms with Gasteiger partial charge < -0.3 is 8.92 Å². The zero-order valence-electron chi connectivity index (χ0n) is 11.6. The number of hydrogen-bond acceptors (Lipinski definition) is 5. The van der Waals surface area contributed by atoms with Crippen molar-refractivity contribution in [3.63, 3.8) is 0 Å². The molecule has 0 aliphatic heterocycles. The van der Waals surface area contributed by atoms with E-state index in [-0.39, 0.29) is 16.2 Å². The topological polar surface area (TPSA) is 69.7 Å². The number of esters is 1. The van der Waals surface area contributed by atoms with Crippen LogP contribution in [0.15, 0.2) is 53.4 Å². The molecule has 0 saturated carbocycles. The van der Waals surface area contributed by atoms with E-state index in [0.29, 0.717) is 5.56 Å². The molecule has 0 amide bonds. The second kappa shape index (κ2) is 5.97. The summed E-state index contributed by atoms with van der Waals surface area (Å²) in [5, 5.41) is 0. The first-order chi connectivity index (χ1) is 9.94. The summed E-state index contributed by atoms with van der Waals surface area (Å²) in [5.74, 6) is -0.292. The quantitative estimate of drug-likeness (QED) is 0.641. The number of ether oxygens (including phenoxy) is 1. The van der Waals surface area contributed by atoms with Crippen LogP contribution in [0.1, 0.15) is 15.9 Å². The van der Waals surface area contributed by atoms with Crippen molar-refractivity contribution in [2.45, 2.75) is 11.8 Å². The molecule has 6 heteroatoms. The number of para-hydroxylation sites is 1. The molecule has 0 heterocycles. The Morgan fingerprint density at radius 2 is 1.71 bits per heavy atom. The minimum absolute atomic E-state index is 0.0130. The van der Waals surface area contributed by atoms with Crippen LogP contribution >= 0.6 is 0 Å². The summed E-state index contributed by atoms with van der Waals surface area (Å²) in [6.45, 7) is 1.59. The zero-order valence-corrected chi connectivity index (χ0v) is 12.4. The molecule has 2 rings (SSSR count). The lowest BCUT2D eigenvalue weighted by molar-refractivity contribution is 0.0600. The highest BCUT2D eigenvalue weighted by molar-refractivity contribution is 7.87. The van der Waals surface area contributed by atoms with Gasteiger partial charge in [-0.05, 0) is 42.8 Å². The van der Waals surface area contributed by atoms with E-state index < -0.39 is 16.1 Å². The summed E-state index contributed by atoms with van der Waals surface area (Å²) < 4.78 is 34.1. The Kier molecular flexibility index (Phi) is 4.28. The van der Waals surface area contributed by atoms with Crippen molar-refractivity contribution in [1.29, 1.82) is 0 Å². The van der Waals surface area contributed by atoms with E-state index in [0.717, 1.165) is 0 Å². The minimum Gasteiger partial charge on any atom is -0.465 e. The molecule has 2 aromatic rings. The number of methoxy groups -OCH3 is 1. The van der Waals surface area contributed by atoms with Gasteiger partial charge in [0, 0.05) is 0 Å². The molecule has 5 nitrogen and oxygen atoms in total. The maximum absolute atomic E-state index is 12.2. The number of hydrogen-bond donors (Lipinski definition) is 0. The molecule has 0 atom stereocenters. The van der Waals surface area contributed by atoms with E-state index in [1.165, 1.54) is 25.3 Å². The van der Waals surface area contributed by atoms with Gasteiger partial charge in [0.2, 0.25) is 0 Å². The Hall–Kier alpha value is -2.34. The monoisotopic (exact) mass is 306 g/mol. The summed E-state index contributed by atoms with van der Waals surface area (Å²) in [6.07, 6.45) is 0. The third-order valence-electron chi connectivity index (χ3n) is 2.81. The summed E-state index contributed by atoms with van der Waals surface area (Å²) in [7, 11) is -2.68. The van der Waals surface area contributed by atoms with Gasteiger partial charge in [0.05, 0.1) is 12.7 Å². The van der Waals surface area contributed by atoms with Gasteiger partial charge in [-0.3, -0.25) is 0 Å². The van der Waals surface area contributed by atoms with Gasteiger partial charge in [-0.1, -0.05) is 18.2 Å². The lowest BCUT2D eigenvalue weighted by Gasteiger charge is -2.10. The van der Waals surface area contributed by atoms with E-state index in [1.54, 1.807) is 37.3 Å². The fraction of sp³-hybridized carbons (Fsp3) is 0.133. The van der Waals surface area contributed by atoms with E-state index in [1.807, 2.05) is 0 Å². The number of rotatable bonds is 4. The van der Waals surface area contributed by atoms with Crippen LogP contribution in [0, 0.1) is 6.92 Å². The second-order valence-electron chi connectivity index (χ2n) is 4.32. The first kappa shape index (κ1) is 15.1. The van der Waals surface area contributed by atoms with Crippen molar-refractivity contribution in [2.75, 3.05) is 7.11 Å². The molecule has 0 radical (unpaired) electrons. The molecule has 0 saturated heterocycles. The number of aryl methyl sites for hydroxylation is 1. The zero-order chi connectivity index (χ0) is 15.5. The van der Waals surface area contributed by atoms with Crippen molar-refractivity contribution in [3.8, 4) is 5.75 Å². The molecule has 0 unspecified atom stereocenters. The Morgan fingerprint density at radius 1 is 1.05 bits per heavy atom. The smallest absolute Gasteiger partial charge is 0.339 e. The maximum Gasteiger partial charge on any atom is 0.339 e. The highest BCUT2D eigenvalue weighted by Crippen LogP contribution is 2.22. The van der Waals surface area contributed by atoms with E-state index in [4.69, 9.17) is 4.18 Å². The molecule has 110 valence electrons. The van der Waals surface area contributed by atoms with Crippen LogP contribution in [-0.2, 0) is 14.9 Å². The maximum atomic E-state index is 12.2. The molecule has 0 fully saturated rings. The highest BCUT2D eigenvalue weighted by atomic mass is 32.2. The van der Waals surface area contributed by atoms with Crippen molar-refractivity contribution >= 4 is 16.1 Å². The van der Waals surface area contributed by atoms with Crippen molar-refractivity contribution in [1.82, 2.24) is 0 Å². The lowest BCUT2D eigenvalue weighted by Crippen LogP contribution is -2.12. The Labute approximate surface area is 123 Å². The Bertz CT molecular complexity index is 751. The molecule has 0 bridgehead atoms. The van der Waals surface area contributed by atoms with E-state index >= 15 is 0 Å². The molecule has 0 spiro atoms. The molecule has 21 heavy (non-hydrogen) atoms. The van der Waals surface area contributed by atoms with Gasteiger partial charge in [0.15, 0.2) is 0 Å². The molecule has 0 aromatic heterocycles. The lowest BCUT2D eigenvalue weighted by atomic mass is 10.1. The summed E-state index contributed by atoms with van der Waals surface area (Å²) in [6, 6.07) is 12.4. The van der Waals surface area contributed by atoms with Crippen LogP contribution in [0.4, 0.5) is 0 Å². The fourth-order valence-electron chi connectivity index (χ4n) is 1.82. The molecular weight excluding hydrogens is 292 g/mol. The second-order valence-corrected chi connectivity index (χ2v) is 5.84. The predicted octanol–water partition coefficient (Wildman–Crippen LogP) is 2.55. The molecule has 0 aliphatic carbocycles. The number of carbonyl (C=O) groups excluding carboxylic acids is 1. The van der Waals surface area contributed by atoms with Crippen LogP contribution < -0.4 is 4.18 Å². The van der Waals surface area contributed by atoms with Crippen LogP contribution in [0.25, 0.3) is 0 Å². The average molecular weight is 306 g/mol. The molecule has 2 aromatic carbocycles. The first-order valence-electron chi connectivity index (χ1n) is 6.12. The normalized spacial score (nSPS) is 11.0. The third-order valence-corrected chi connectivity index (χ3v) is 4.22. The third kappa shape index (κ3) is 3.41. The number of carbonyl (C=O) groups is 1. The van der Waals surface area contributed by atoms with Crippen molar-refractivity contribution < 1.29 is 22.1 Å². The summed E-state index contributed by atoms with van der Waals surface area (Å²) in [5.41, 5.74) is 0.697. The standard InChI is InChI=1S/C15H14O5S/c1-11-10-12(15(16)19-2)8-9-14(11)21(17,18)20-13-6-4-3-5-7-13/h3-10H,1-2H3. The van der Waals surface area contributed by atoms with Crippen LogP contribution in [-0.4, -0.2) is 21.5 Å². The SMILES string of the molecule is COC(=O)c1ccc(S(=O)(=O)Oc2ccccc2)c(C)c1. The van der Waals surface area contributed by atoms with Crippen LogP contribution in [0.5, 0.6) is 5.75 Å². The largest absolute Gasteiger partial charge is 0.465 e. The van der Waals surface area contributed by atoms with Gasteiger partial charge in [-0.2, -0.15) is 8.42 Å². The van der Waals surface area contributed by atoms with Gasteiger partial charge in [-0.15, -0.1) is 0 Å². The average Bonchev–Trinajstić information content (AvgIpc) is 2.46. The minimum atomic E-state index is -3.95. The molecule has 0 aliphatic rings. The number of benzene rings is 2. The highest BCUT2D eigenvalue weighted by Gasteiger charge is 2.20. The Morgan fingerprint density at radius 3 is 2.29 bits per heavy atom. The summed E-state index contributed by atoms with van der Waals surface area (Å²) in [4.78, 5) is 11.4. The van der Waals surface area contributed by atoms with Gasteiger partial charge in [-0.25, -0.2) is 4.79 Å². The summed E-state index contributed by atoms with van der Waals surface area (Å²) >= 11 is 0. The van der Waals surface area contributed by atoms with Crippen molar-refractivity contribution in [3.05, 3.63) is 59.7 Å². The Balaban J connectivity index is 2.35. The fourth-order valence-corrected chi connectivity index (χ4v) is 2.96. The van der Waals surface area contributed by atoms with E-state index in [9.17, 15) is 13.2 Å². The van der Waals surface area contributed by atoms with Crippen LogP contribution in [0.2, 0.25) is 0 Å². The predicted molar refractivity (Wildman–Crippen MR) is 76.8 cm³/mol. The molecule has 0 N–H and O–H groups in total. The van der Waals surface area contributed by atoms with Crippen molar-refractivity contribution in [2.24, 2.45) is 0 Å². The first-order valence-corrected chi connectivity index (χ1v) is 7.53.